The Labute approximate surface area is 262 Å². The number of hydrogen-bond acceptors (Lipinski definition) is 0. The summed E-state index contributed by atoms with van der Waals surface area (Å²) in [6.45, 7) is 0. The van der Waals surface area contributed by atoms with E-state index in [1.54, 1.807) is 0 Å². The highest BCUT2D eigenvalue weighted by Crippen LogP contribution is 2.52. The second kappa shape index (κ2) is 7.28. The highest BCUT2D eigenvalue weighted by molar-refractivity contribution is 6.48. The zero-order valence-electron chi connectivity index (χ0n) is 24.7. The molecule has 0 bridgehead atoms. The van der Waals surface area contributed by atoms with Crippen LogP contribution in [0.3, 0.4) is 0 Å². The zero-order chi connectivity index (χ0) is 29.4. The monoisotopic (exact) mass is 574 g/mol. The first kappa shape index (κ1) is 22.5. The molecule has 0 aliphatic carbocycles. The fraction of sp³-hybridized carbons (Fsp3) is 0. The van der Waals surface area contributed by atoms with Crippen molar-refractivity contribution < 1.29 is 0 Å². The van der Waals surface area contributed by atoms with Crippen LogP contribution in [0.25, 0.3) is 129 Å². The summed E-state index contributed by atoms with van der Waals surface area (Å²) < 4.78 is 0. The Morgan fingerprint density at radius 1 is 0.174 bits per heavy atom. The van der Waals surface area contributed by atoms with Gasteiger partial charge in [-0.15, -0.1) is 0 Å². The number of benzene rings is 13. The van der Waals surface area contributed by atoms with Crippen molar-refractivity contribution in [3.63, 3.8) is 0 Å². The molecule has 0 radical (unpaired) electrons. The Balaban J connectivity index is 1.37. The van der Waals surface area contributed by atoms with Gasteiger partial charge in [0.15, 0.2) is 0 Å². The van der Waals surface area contributed by atoms with Crippen LogP contribution < -0.4 is 0 Å². The van der Waals surface area contributed by atoms with Crippen molar-refractivity contribution in [2.45, 2.75) is 0 Å². The first-order valence-electron chi connectivity index (χ1n) is 16.3. The molecule has 0 N–H and O–H groups in total. The number of fused-ring (bicyclic) bond motifs is 8. The van der Waals surface area contributed by atoms with Crippen LogP contribution in [0.2, 0.25) is 0 Å². The molecule has 13 aromatic rings. The molecule has 0 unspecified atom stereocenters. The summed E-state index contributed by atoms with van der Waals surface area (Å²) in [5.74, 6) is 0. The molecular formula is C46H22. The number of rotatable bonds is 0. The van der Waals surface area contributed by atoms with Crippen molar-refractivity contribution in [2.75, 3.05) is 0 Å². The van der Waals surface area contributed by atoms with E-state index in [9.17, 15) is 0 Å². The minimum atomic E-state index is 1.32. The lowest BCUT2D eigenvalue weighted by molar-refractivity contribution is 1.80. The molecule has 0 nitrogen and oxygen atoms in total. The summed E-state index contributed by atoms with van der Waals surface area (Å²) in [5.41, 5.74) is 0. The van der Waals surface area contributed by atoms with Crippen molar-refractivity contribution >= 4 is 129 Å². The number of hydrogen-bond donors (Lipinski definition) is 0. The maximum Gasteiger partial charge on any atom is -0.000763 e. The molecule has 206 valence electrons. The molecule has 46 heavy (non-hydrogen) atoms. The van der Waals surface area contributed by atoms with Gasteiger partial charge in [-0.2, -0.15) is 0 Å². The Bertz CT molecular complexity index is 2990. The van der Waals surface area contributed by atoms with Crippen molar-refractivity contribution in [2.24, 2.45) is 0 Å². The van der Waals surface area contributed by atoms with Gasteiger partial charge in [-0.25, -0.2) is 0 Å². The van der Waals surface area contributed by atoms with Crippen LogP contribution in [0.4, 0.5) is 0 Å². The highest BCUT2D eigenvalue weighted by atomic mass is 14.3. The third-order valence-corrected chi connectivity index (χ3v) is 11.6. The molecule has 0 spiro atoms. The molecule has 0 amide bonds. The fourth-order valence-electron chi connectivity index (χ4n) is 9.84. The third-order valence-electron chi connectivity index (χ3n) is 11.6. The molecule has 13 aromatic carbocycles. The minimum Gasteiger partial charge on any atom is -0.0610 e. The van der Waals surface area contributed by atoms with Crippen LogP contribution in [0.5, 0.6) is 0 Å². The molecule has 0 aliphatic heterocycles. The molecule has 0 atom stereocenters. The standard InChI is InChI=1S/C46H22/c1-5-23-13-17-31-35-21-37-33-19-15-25-7-3-11-29-30-12-4-8-26-16-20-34(46(42(26)30)45(33)41(25)29)38(37)22-36(35)32-18-14-24-6-2-10-28-27(9-1)39(23)43(31)44(32)40(24)28/h1-22H. The first-order valence-corrected chi connectivity index (χ1v) is 16.3. The van der Waals surface area contributed by atoms with Gasteiger partial charge in [0.1, 0.15) is 0 Å². The Kier molecular flexibility index (Phi) is 3.56. The van der Waals surface area contributed by atoms with Gasteiger partial charge in [-0.3, -0.25) is 0 Å². The average Bonchev–Trinajstić information content (AvgIpc) is 3.12. The summed E-state index contributed by atoms with van der Waals surface area (Å²) in [6.07, 6.45) is 0. The SMILES string of the molecule is c1cc2ccc3c4cc5c(cc4c4ccc6cccc7c(c1)c2c3c4c67)c1ccc2cccc3c4cccc6ccc5c(c64)c1c23. The lowest BCUT2D eigenvalue weighted by Crippen LogP contribution is -1.94. The topological polar surface area (TPSA) is 0 Å². The smallest absolute Gasteiger partial charge is 0.000763 e. The summed E-state index contributed by atoms with van der Waals surface area (Å²) in [7, 11) is 0. The fourth-order valence-corrected chi connectivity index (χ4v) is 9.84. The second-order valence-corrected chi connectivity index (χ2v) is 13.5. The lowest BCUT2D eigenvalue weighted by Gasteiger charge is -2.22. The molecular weight excluding hydrogens is 553 g/mol. The first-order chi connectivity index (χ1) is 22.8. The second-order valence-electron chi connectivity index (χ2n) is 13.5. The van der Waals surface area contributed by atoms with Crippen LogP contribution in [-0.2, 0) is 0 Å². The van der Waals surface area contributed by atoms with Gasteiger partial charge in [0, 0.05) is 0 Å². The zero-order valence-corrected chi connectivity index (χ0v) is 24.7. The van der Waals surface area contributed by atoms with Crippen LogP contribution >= 0.6 is 0 Å². The van der Waals surface area contributed by atoms with Gasteiger partial charge in [-0.1, -0.05) is 121 Å². The molecule has 0 saturated heterocycles. The van der Waals surface area contributed by atoms with E-state index in [1.165, 1.54) is 129 Å². The van der Waals surface area contributed by atoms with Crippen molar-refractivity contribution in [3.8, 4) is 0 Å². The van der Waals surface area contributed by atoms with Gasteiger partial charge in [0.05, 0.1) is 0 Å². The van der Waals surface area contributed by atoms with E-state index in [1.807, 2.05) is 0 Å². The van der Waals surface area contributed by atoms with Crippen LogP contribution in [0.1, 0.15) is 0 Å². The summed E-state index contributed by atoms with van der Waals surface area (Å²) in [5, 5.41) is 32.7. The van der Waals surface area contributed by atoms with Crippen LogP contribution in [0, 0.1) is 0 Å². The van der Waals surface area contributed by atoms with Crippen LogP contribution in [-0.4, -0.2) is 0 Å². The van der Waals surface area contributed by atoms with E-state index in [0.29, 0.717) is 0 Å². The predicted octanol–water partition coefficient (Wildman–Crippen LogP) is 13.3. The maximum absolute atomic E-state index is 2.53. The maximum atomic E-state index is 2.53. The predicted molar refractivity (Wildman–Crippen MR) is 201 cm³/mol. The molecule has 0 fully saturated rings. The van der Waals surface area contributed by atoms with Crippen molar-refractivity contribution in [1.29, 1.82) is 0 Å². The summed E-state index contributed by atoms with van der Waals surface area (Å²) >= 11 is 0. The molecule has 0 aromatic heterocycles. The molecule has 13 rings (SSSR count). The normalized spacial score (nSPS) is 13.2. The van der Waals surface area contributed by atoms with E-state index in [4.69, 9.17) is 0 Å². The average molecular weight is 575 g/mol. The van der Waals surface area contributed by atoms with Gasteiger partial charge >= 0.3 is 0 Å². The van der Waals surface area contributed by atoms with E-state index in [2.05, 4.69) is 133 Å². The quantitative estimate of drug-likeness (QED) is 0.125. The van der Waals surface area contributed by atoms with E-state index in [0.717, 1.165) is 0 Å². The van der Waals surface area contributed by atoms with E-state index in [-0.39, 0.29) is 0 Å². The van der Waals surface area contributed by atoms with Gasteiger partial charge in [0.25, 0.3) is 0 Å². The lowest BCUT2D eigenvalue weighted by atomic mass is 9.80. The molecule has 0 heteroatoms. The van der Waals surface area contributed by atoms with Crippen molar-refractivity contribution in [3.05, 3.63) is 133 Å². The highest BCUT2D eigenvalue weighted by Gasteiger charge is 2.23. The Hall–Kier alpha value is -5.98. The van der Waals surface area contributed by atoms with E-state index < -0.39 is 0 Å². The summed E-state index contributed by atoms with van der Waals surface area (Å²) in [6, 6.07) is 51.3. The molecule has 0 aliphatic rings. The van der Waals surface area contributed by atoms with Gasteiger partial charge in [0.2, 0.25) is 0 Å². The van der Waals surface area contributed by atoms with Gasteiger partial charge < -0.3 is 0 Å². The Morgan fingerprint density at radius 2 is 0.413 bits per heavy atom. The molecule has 0 heterocycles. The van der Waals surface area contributed by atoms with E-state index >= 15 is 0 Å². The van der Waals surface area contributed by atoms with Crippen molar-refractivity contribution in [1.82, 2.24) is 0 Å². The third kappa shape index (κ3) is 2.32. The summed E-state index contributed by atoms with van der Waals surface area (Å²) in [4.78, 5) is 0. The van der Waals surface area contributed by atoms with Gasteiger partial charge in [-0.05, 0) is 141 Å². The molecule has 0 saturated carbocycles. The minimum absolute atomic E-state index is 1.32. The Morgan fingerprint density at radius 3 is 0.674 bits per heavy atom. The largest absolute Gasteiger partial charge is 0.0610 e. The van der Waals surface area contributed by atoms with Crippen LogP contribution in [0.15, 0.2) is 133 Å².